The average Bonchev–Trinajstić information content (AvgIpc) is 3.36. The SMILES string of the molecule is COC(=O)c1cc2ccccc2cc1OCCC1CCN(C(=O)OCc2nccs2)CC1. The van der Waals surface area contributed by atoms with Gasteiger partial charge in [0.05, 0.1) is 13.7 Å². The van der Waals surface area contributed by atoms with Crippen LogP contribution in [0.25, 0.3) is 10.8 Å². The van der Waals surface area contributed by atoms with Crippen molar-refractivity contribution in [2.75, 3.05) is 26.8 Å². The summed E-state index contributed by atoms with van der Waals surface area (Å²) in [5.74, 6) is 0.592. The van der Waals surface area contributed by atoms with Crippen molar-refractivity contribution in [1.82, 2.24) is 9.88 Å². The van der Waals surface area contributed by atoms with E-state index < -0.39 is 5.97 Å². The van der Waals surface area contributed by atoms with Gasteiger partial charge in [0.25, 0.3) is 0 Å². The number of nitrogens with zero attached hydrogens (tertiary/aromatic N) is 2. The number of hydrogen-bond donors (Lipinski definition) is 0. The van der Waals surface area contributed by atoms with Gasteiger partial charge >= 0.3 is 12.1 Å². The van der Waals surface area contributed by atoms with Crippen LogP contribution in [0, 0.1) is 5.92 Å². The Labute approximate surface area is 190 Å². The first-order valence-corrected chi connectivity index (χ1v) is 11.6. The Balaban J connectivity index is 1.27. The lowest BCUT2D eigenvalue weighted by atomic mass is 9.94. The molecule has 0 unspecified atom stereocenters. The zero-order chi connectivity index (χ0) is 22.3. The molecule has 0 atom stereocenters. The molecule has 1 aromatic heterocycles. The highest BCUT2D eigenvalue weighted by Crippen LogP contribution is 2.28. The third-order valence-electron chi connectivity index (χ3n) is 5.71. The van der Waals surface area contributed by atoms with Crippen molar-refractivity contribution in [2.45, 2.75) is 25.9 Å². The minimum atomic E-state index is -0.407. The summed E-state index contributed by atoms with van der Waals surface area (Å²) >= 11 is 1.47. The van der Waals surface area contributed by atoms with Gasteiger partial charge in [0.15, 0.2) is 0 Å². The molecular weight excluding hydrogens is 428 g/mol. The third kappa shape index (κ3) is 5.37. The maximum Gasteiger partial charge on any atom is 0.410 e. The predicted octanol–water partition coefficient (Wildman–Crippen LogP) is 4.90. The first-order valence-electron chi connectivity index (χ1n) is 10.7. The maximum absolute atomic E-state index is 12.2. The van der Waals surface area contributed by atoms with E-state index in [1.54, 1.807) is 11.1 Å². The second-order valence-electron chi connectivity index (χ2n) is 7.74. The topological polar surface area (TPSA) is 78.0 Å². The Morgan fingerprint density at radius 1 is 1.16 bits per heavy atom. The molecule has 0 N–H and O–H groups in total. The van der Waals surface area contributed by atoms with Gasteiger partial charge in [-0.15, -0.1) is 11.3 Å². The van der Waals surface area contributed by atoms with Crippen LogP contribution in [0.4, 0.5) is 4.79 Å². The molecule has 7 nitrogen and oxygen atoms in total. The van der Waals surface area contributed by atoms with Crippen LogP contribution < -0.4 is 4.74 Å². The van der Waals surface area contributed by atoms with E-state index in [9.17, 15) is 9.59 Å². The third-order valence-corrected chi connectivity index (χ3v) is 6.47. The van der Waals surface area contributed by atoms with Crippen LogP contribution in [0.5, 0.6) is 5.75 Å². The van der Waals surface area contributed by atoms with Crippen molar-refractivity contribution in [3.8, 4) is 5.75 Å². The fourth-order valence-corrected chi connectivity index (χ4v) is 4.41. The molecule has 0 spiro atoms. The van der Waals surface area contributed by atoms with Gasteiger partial charge in [-0.3, -0.25) is 0 Å². The smallest absolute Gasteiger partial charge is 0.410 e. The molecule has 8 heteroatoms. The summed E-state index contributed by atoms with van der Waals surface area (Å²) in [6, 6.07) is 11.5. The molecular formula is C24H26N2O5S. The Morgan fingerprint density at radius 3 is 2.59 bits per heavy atom. The largest absolute Gasteiger partial charge is 0.493 e. The number of amides is 1. The summed E-state index contributed by atoms with van der Waals surface area (Å²) in [6.07, 6.45) is 4.08. The molecule has 3 aromatic rings. The number of rotatable bonds is 7. The Morgan fingerprint density at radius 2 is 1.91 bits per heavy atom. The summed E-state index contributed by atoms with van der Waals surface area (Å²) in [7, 11) is 1.37. The molecule has 0 bridgehead atoms. The number of carbonyl (C=O) groups excluding carboxylic acids is 2. The first kappa shape index (κ1) is 22.1. The Hall–Kier alpha value is -3.13. The molecule has 32 heavy (non-hydrogen) atoms. The lowest BCUT2D eigenvalue weighted by Crippen LogP contribution is -2.39. The monoisotopic (exact) mass is 454 g/mol. The van der Waals surface area contributed by atoms with Gasteiger partial charge in [0, 0.05) is 24.7 Å². The van der Waals surface area contributed by atoms with E-state index in [-0.39, 0.29) is 12.7 Å². The molecule has 2 aromatic carbocycles. The maximum atomic E-state index is 12.2. The molecule has 0 radical (unpaired) electrons. The summed E-state index contributed by atoms with van der Waals surface area (Å²) in [5, 5.41) is 4.64. The number of hydrogen-bond acceptors (Lipinski definition) is 7. The predicted molar refractivity (Wildman–Crippen MR) is 122 cm³/mol. The van der Waals surface area contributed by atoms with Crippen LogP contribution in [-0.2, 0) is 16.1 Å². The summed E-state index contributed by atoms with van der Waals surface area (Å²) in [5.41, 5.74) is 0.434. The summed E-state index contributed by atoms with van der Waals surface area (Å²) in [6.45, 7) is 2.07. The number of fused-ring (bicyclic) bond motifs is 1. The number of ether oxygens (including phenoxy) is 3. The van der Waals surface area contributed by atoms with Crippen molar-refractivity contribution in [3.05, 3.63) is 58.5 Å². The quantitative estimate of drug-likeness (QED) is 0.473. The van der Waals surface area contributed by atoms with Crippen LogP contribution in [0.3, 0.4) is 0 Å². The van der Waals surface area contributed by atoms with Gasteiger partial charge in [-0.2, -0.15) is 0 Å². The van der Waals surface area contributed by atoms with Crippen molar-refractivity contribution in [1.29, 1.82) is 0 Å². The first-order chi connectivity index (χ1) is 15.6. The molecule has 0 aliphatic carbocycles. The van der Waals surface area contributed by atoms with Crippen molar-refractivity contribution < 1.29 is 23.8 Å². The van der Waals surface area contributed by atoms with Crippen molar-refractivity contribution in [2.24, 2.45) is 5.92 Å². The standard InChI is InChI=1S/C24H26N2O5S/c1-29-23(27)20-14-18-4-2-3-5-19(18)15-21(20)30-12-8-17-6-10-26(11-7-17)24(28)31-16-22-25-9-13-32-22/h2-5,9,13-15,17H,6-8,10-12,16H2,1H3. The number of carbonyl (C=O) groups is 2. The highest BCUT2D eigenvalue weighted by Gasteiger charge is 2.24. The van der Waals surface area contributed by atoms with Gasteiger partial charge < -0.3 is 19.1 Å². The number of aromatic nitrogens is 1. The molecule has 1 aliphatic rings. The highest BCUT2D eigenvalue weighted by atomic mass is 32.1. The van der Waals surface area contributed by atoms with Crippen LogP contribution in [0.15, 0.2) is 48.0 Å². The van der Waals surface area contributed by atoms with Crippen LogP contribution in [-0.4, -0.2) is 48.8 Å². The molecule has 1 amide bonds. The highest BCUT2D eigenvalue weighted by molar-refractivity contribution is 7.09. The molecule has 2 heterocycles. The van der Waals surface area contributed by atoms with Gasteiger partial charge in [0.2, 0.25) is 0 Å². The van der Waals surface area contributed by atoms with Crippen molar-refractivity contribution in [3.63, 3.8) is 0 Å². The lowest BCUT2D eigenvalue weighted by molar-refractivity contribution is 0.0596. The number of piperidine rings is 1. The number of benzene rings is 2. The normalized spacial score (nSPS) is 14.3. The second kappa shape index (κ2) is 10.5. The van der Waals surface area contributed by atoms with E-state index in [1.165, 1.54) is 18.4 Å². The van der Waals surface area contributed by atoms with Gasteiger partial charge in [-0.25, -0.2) is 14.6 Å². The van der Waals surface area contributed by atoms with E-state index in [0.717, 1.165) is 35.0 Å². The Bertz CT molecular complexity index is 1060. The zero-order valence-corrected chi connectivity index (χ0v) is 18.8. The van der Waals surface area contributed by atoms with Gasteiger partial charge in [0.1, 0.15) is 22.9 Å². The van der Waals surface area contributed by atoms with Gasteiger partial charge in [-0.05, 0) is 48.1 Å². The average molecular weight is 455 g/mol. The molecule has 168 valence electrons. The van der Waals surface area contributed by atoms with Crippen molar-refractivity contribution >= 4 is 34.2 Å². The fourth-order valence-electron chi connectivity index (χ4n) is 3.89. The van der Waals surface area contributed by atoms with E-state index in [4.69, 9.17) is 14.2 Å². The van der Waals surface area contributed by atoms with Gasteiger partial charge in [-0.1, -0.05) is 24.3 Å². The van der Waals surface area contributed by atoms with Crippen LogP contribution in [0.1, 0.15) is 34.6 Å². The zero-order valence-electron chi connectivity index (χ0n) is 18.0. The second-order valence-corrected chi connectivity index (χ2v) is 8.71. The summed E-state index contributed by atoms with van der Waals surface area (Å²) in [4.78, 5) is 30.3. The number of thiazole rings is 1. The number of likely N-dealkylation sites (tertiary alicyclic amines) is 1. The van der Waals surface area contributed by atoms with E-state index in [1.807, 2.05) is 41.8 Å². The minimum absolute atomic E-state index is 0.221. The van der Waals surface area contributed by atoms with E-state index >= 15 is 0 Å². The molecule has 4 rings (SSSR count). The van der Waals surface area contributed by atoms with Crippen LogP contribution >= 0.6 is 11.3 Å². The lowest BCUT2D eigenvalue weighted by Gasteiger charge is -2.31. The number of methoxy groups -OCH3 is 1. The van der Waals surface area contributed by atoms with E-state index in [0.29, 0.717) is 36.9 Å². The minimum Gasteiger partial charge on any atom is -0.493 e. The fraction of sp³-hybridized carbons (Fsp3) is 0.375. The molecule has 1 saturated heterocycles. The number of esters is 1. The van der Waals surface area contributed by atoms with Crippen LogP contribution in [0.2, 0.25) is 0 Å². The summed E-state index contributed by atoms with van der Waals surface area (Å²) < 4.78 is 16.3. The molecule has 1 fully saturated rings. The van der Waals surface area contributed by atoms with E-state index in [2.05, 4.69) is 4.98 Å². The molecule has 0 saturated carbocycles. The Kier molecular flexibility index (Phi) is 7.21. The molecule has 1 aliphatic heterocycles.